The molecular formula is C21H20N12. The Balaban J connectivity index is 1.14. The van der Waals surface area contributed by atoms with Crippen LogP contribution in [0.5, 0.6) is 0 Å². The normalized spacial score (nSPS) is 11.4. The fraction of sp³-hybridized carbons (Fsp3) is 0.0476. The summed E-state index contributed by atoms with van der Waals surface area (Å²) in [5.74, 6) is 1.86. The fourth-order valence-corrected chi connectivity index (χ4v) is 3.56. The van der Waals surface area contributed by atoms with Gasteiger partial charge in [-0.1, -0.05) is 0 Å². The summed E-state index contributed by atoms with van der Waals surface area (Å²) < 4.78 is 5.48. The molecule has 0 aromatic carbocycles. The predicted octanol–water partition coefficient (Wildman–Crippen LogP) is 2.24. The van der Waals surface area contributed by atoms with Crippen LogP contribution in [-0.2, 0) is 6.54 Å². The first-order valence-electron chi connectivity index (χ1n) is 10.2. The standard InChI is InChI=1S/C21H20N12/c22-13-3-5-31-12-18(27-20(31)7-13)29-28-15-1-2-19-26-17(11-32(19)10-15)24-9-14-4-6-33-21(25-14)8-16(23)30-33/h1-8,10-12,24,28-29H,9,22H2,(H2,23,30). The number of anilines is 5. The van der Waals surface area contributed by atoms with Crippen molar-refractivity contribution in [1.29, 1.82) is 0 Å². The maximum absolute atomic E-state index is 5.82. The highest BCUT2D eigenvalue weighted by Crippen LogP contribution is 2.17. The Kier molecular flexibility index (Phi) is 4.15. The zero-order chi connectivity index (χ0) is 22.4. The topological polar surface area (TPSA) is 153 Å². The zero-order valence-electron chi connectivity index (χ0n) is 17.3. The largest absolute Gasteiger partial charge is 0.399 e. The minimum Gasteiger partial charge on any atom is -0.399 e. The molecule has 0 fully saturated rings. The first kappa shape index (κ1) is 18.7. The van der Waals surface area contributed by atoms with Crippen LogP contribution in [-0.4, -0.2) is 33.4 Å². The number of imidazole rings is 2. The fourth-order valence-electron chi connectivity index (χ4n) is 3.56. The molecule has 0 bridgehead atoms. The van der Waals surface area contributed by atoms with E-state index in [2.05, 4.69) is 36.2 Å². The van der Waals surface area contributed by atoms with Crippen LogP contribution in [0, 0.1) is 0 Å². The monoisotopic (exact) mass is 440 g/mol. The summed E-state index contributed by atoms with van der Waals surface area (Å²) in [5, 5.41) is 7.44. The summed E-state index contributed by atoms with van der Waals surface area (Å²) in [6.07, 6.45) is 9.44. The number of nitrogens with two attached hydrogens (primary N) is 2. The first-order valence-corrected chi connectivity index (χ1v) is 10.2. The first-order chi connectivity index (χ1) is 16.1. The highest BCUT2D eigenvalue weighted by atomic mass is 15.4. The van der Waals surface area contributed by atoms with Gasteiger partial charge in [0, 0.05) is 36.4 Å². The number of pyridine rings is 2. The van der Waals surface area contributed by atoms with Crippen molar-refractivity contribution >= 4 is 45.8 Å². The Hall–Kier alpha value is -5.00. The van der Waals surface area contributed by atoms with Crippen LogP contribution in [0.3, 0.4) is 0 Å². The molecule has 7 N–H and O–H groups in total. The van der Waals surface area contributed by atoms with Crippen molar-refractivity contribution in [2.45, 2.75) is 6.54 Å². The number of nitrogens with zero attached hydrogens (tertiary/aromatic N) is 7. The average Bonchev–Trinajstić information content (AvgIpc) is 3.50. The van der Waals surface area contributed by atoms with Crippen LogP contribution in [0.4, 0.5) is 28.8 Å². The van der Waals surface area contributed by atoms with Gasteiger partial charge in [-0.2, -0.15) is 0 Å². The number of hydrogen-bond donors (Lipinski definition) is 5. The number of fused-ring (bicyclic) bond motifs is 3. The molecule has 0 unspecified atom stereocenters. The third-order valence-electron chi connectivity index (χ3n) is 5.12. The van der Waals surface area contributed by atoms with Gasteiger partial charge in [-0.25, -0.2) is 19.5 Å². The molecule has 0 radical (unpaired) electrons. The lowest BCUT2D eigenvalue weighted by Crippen LogP contribution is -2.09. The van der Waals surface area contributed by atoms with E-state index >= 15 is 0 Å². The summed E-state index contributed by atoms with van der Waals surface area (Å²) in [6, 6.07) is 11.1. The van der Waals surface area contributed by atoms with Gasteiger partial charge < -0.3 is 25.6 Å². The lowest BCUT2D eigenvalue weighted by Gasteiger charge is -2.07. The van der Waals surface area contributed by atoms with E-state index in [4.69, 9.17) is 11.5 Å². The van der Waals surface area contributed by atoms with E-state index in [1.165, 1.54) is 0 Å². The van der Waals surface area contributed by atoms with Gasteiger partial charge in [0.1, 0.15) is 22.9 Å². The maximum Gasteiger partial charge on any atom is 0.163 e. The molecule has 6 aromatic heterocycles. The number of nitrogens with one attached hydrogen (secondary N) is 3. The molecule has 33 heavy (non-hydrogen) atoms. The van der Waals surface area contributed by atoms with Crippen molar-refractivity contribution < 1.29 is 0 Å². The molecule has 12 nitrogen and oxygen atoms in total. The van der Waals surface area contributed by atoms with Gasteiger partial charge in [0.15, 0.2) is 11.5 Å². The van der Waals surface area contributed by atoms with E-state index in [0.29, 0.717) is 29.5 Å². The van der Waals surface area contributed by atoms with E-state index in [-0.39, 0.29) is 0 Å². The van der Waals surface area contributed by atoms with Gasteiger partial charge in [0.05, 0.1) is 30.3 Å². The second-order valence-electron chi connectivity index (χ2n) is 7.56. The Morgan fingerprint density at radius 3 is 2.58 bits per heavy atom. The molecule has 6 aromatic rings. The molecule has 6 rings (SSSR count). The number of rotatable bonds is 6. The average molecular weight is 440 g/mol. The van der Waals surface area contributed by atoms with Gasteiger partial charge in [0.2, 0.25) is 0 Å². The minimum atomic E-state index is 0.442. The quantitative estimate of drug-likeness (QED) is 0.245. The van der Waals surface area contributed by atoms with E-state index in [1.807, 2.05) is 70.1 Å². The summed E-state index contributed by atoms with van der Waals surface area (Å²) in [6.45, 7) is 0.524. The molecule has 0 saturated carbocycles. The lowest BCUT2D eigenvalue weighted by molar-refractivity contribution is 0.917. The third-order valence-corrected chi connectivity index (χ3v) is 5.12. The molecule has 0 aliphatic heterocycles. The molecule has 0 atom stereocenters. The Bertz CT molecular complexity index is 1600. The number of hydrazine groups is 1. The van der Waals surface area contributed by atoms with Crippen molar-refractivity contribution in [2.75, 3.05) is 27.6 Å². The van der Waals surface area contributed by atoms with Crippen LogP contribution in [0.1, 0.15) is 5.69 Å². The highest BCUT2D eigenvalue weighted by Gasteiger charge is 2.06. The van der Waals surface area contributed by atoms with Gasteiger partial charge in [0.25, 0.3) is 0 Å². The van der Waals surface area contributed by atoms with Crippen LogP contribution < -0.4 is 27.6 Å². The number of aromatic nitrogens is 7. The SMILES string of the molecule is Nc1ccn2cc(NNc3ccc4nc(NCc5ccn6nc(N)cc6n5)cn4c3)nc2c1. The number of nitrogen functional groups attached to an aromatic ring is 2. The predicted molar refractivity (Wildman–Crippen MR) is 127 cm³/mol. The van der Waals surface area contributed by atoms with E-state index < -0.39 is 0 Å². The van der Waals surface area contributed by atoms with Crippen LogP contribution in [0.15, 0.2) is 67.4 Å². The van der Waals surface area contributed by atoms with Crippen LogP contribution >= 0.6 is 0 Å². The number of hydrogen-bond acceptors (Lipinski definition) is 9. The van der Waals surface area contributed by atoms with Crippen molar-refractivity contribution in [2.24, 2.45) is 0 Å². The van der Waals surface area contributed by atoms with E-state index in [9.17, 15) is 0 Å². The van der Waals surface area contributed by atoms with Crippen molar-refractivity contribution in [1.82, 2.24) is 33.4 Å². The second-order valence-corrected chi connectivity index (χ2v) is 7.56. The third kappa shape index (κ3) is 3.65. The maximum atomic E-state index is 5.82. The van der Waals surface area contributed by atoms with Crippen LogP contribution in [0.25, 0.3) is 16.9 Å². The molecule has 0 aliphatic rings. The van der Waals surface area contributed by atoms with E-state index in [1.54, 1.807) is 10.6 Å². The minimum absolute atomic E-state index is 0.442. The summed E-state index contributed by atoms with van der Waals surface area (Å²) in [7, 11) is 0. The molecule has 6 heterocycles. The van der Waals surface area contributed by atoms with Crippen molar-refractivity contribution in [3.63, 3.8) is 0 Å². The molecule has 0 saturated heterocycles. The molecule has 0 spiro atoms. The van der Waals surface area contributed by atoms with Crippen LogP contribution in [0.2, 0.25) is 0 Å². The molecule has 0 aliphatic carbocycles. The Morgan fingerprint density at radius 1 is 0.758 bits per heavy atom. The van der Waals surface area contributed by atoms with Gasteiger partial charge in [-0.05, 0) is 24.3 Å². The summed E-state index contributed by atoms with van der Waals surface area (Å²) in [5.41, 5.74) is 22.5. The summed E-state index contributed by atoms with van der Waals surface area (Å²) >= 11 is 0. The van der Waals surface area contributed by atoms with Gasteiger partial charge >= 0.3 is 0 Å². The summed E-state index contributed by atoms with van der Waals surface area (Å²) in [4.78, 5) is 13.6. The lowest BCUT2D eigenvalue weighted by atomic mass is 10.4. The molecule has 12 heteroatoms. The van der Waals surface area contributed by atoms with Crippen molar-refractivity contribution in [3.8, 4) is 0 Å². The van der Waals surface area contributed by atoms with E-state index in [0.717, 1.165) is 28.5 Å². The van der Waals surface area contributed by atoms with Gasteiger partial charge in [-0.3, -0.25) is 10.9 Å². The molecule has 164 valence electrons. The molecule has 0 amide bonds. The van der Waals surface area contributed by atoms with Gasteiger partial charge in [-0.15, -0.1) is 5.10 Å². The smallest absolute Gasteiger partial charge is 0.163 e. The van der Waals surface area contributed by atoms with Crippen molar-refractivity contribution in [3.05, 3.63) is 73.1 Å². The Labute approximate surface area is 186 Å². The molecular weight excluding hydrogens is 420 g/mol. The Morgan fingerprint density at radius 2 is 1.64 bits per heavy atom. The zero-order valence-corrected chi connectivity index (χ0v) is 17.3. The highest BCUT2D eigenvalue weighted by molar-refractivity contribution is 5.59. The second kappa shape index (κ2) is 7.30.